The van der Waals surface area contributed by atoms with Crippen molar-refractivity contribution in [3.63, 3.8) is 0 Å². The van der Waals surface area contributed by atoms with Crippen molar-refractivity contribution in [2.45, 2.75) is 83.8 Å². The fourth-order valence-corrected chi connectivity index (χ4v) is 9.94. The van der Waals surface area contributed by atoms with Crippen molar-refractivity contribution in [3.8, 4) is 22.6 Å². The van der Waals surface area contributed by atoms with Crippen LogP contribution in [0.25, 0.3) is 11.1 Å². The molecule has 9 atom stereocenters. The third-order valence-electron chi connectivity index (χ3n) is 13.0. The third kappa shape index (κ3) is 8.54. The number of fused-ring (bicyclic) bond motifs is 2. The summed E-state index contributed by atoms with van der Waals surface area (Å²) in [6.07, 6.45) is 1.32. The molecule has 1 aliphatic heterocycles. The molecule has 4 aliphatic rings. The molecule has 4 fully saturated rings. The van der Waals surface area contributed by atoms with Crippen LogP contribution in [0.1, 0.15) is 62.0 Å². The Morgan fingerprint density at radius 1 is 0.982 bits per heavy atom. The largest absolute Gasteiger partial charge is 0.496 e. The number of hydrogen-bond donors (Lipinski definition) is 4. The van der Waals surface area contributed by atoms with Gasteiger partial charge in [-0.3, -0.25) is 14.4 Å². The number of aliphatic hydroxyl groups is 2. The second-order valence-corrected chi connectivity index (χ2v) is 17.1. The van der Waals surface area contributed by atoms with Crippen LogP contribution in [0.3, 0.4) is 0 Å². The van der Waals surface area contributed by atoms with Crippen molar-refractivity contribution >= 4 is 11.7 Å². The van der Waals surface area contributed by atoms with Crippen molar-refractivity contribution in [1.29, 1.82) is 0 Å². The highest BCUT2D eigenvalue weighted by Crippen LogP contribution is 2.61. The van der Waals surface area contributed by atoms with Crippen LogP contribution in [0, 0.1) is 29.1 Å². The second kappa shape index (κ2) is 17.7. The van der Waals surface area contributed by atoms with E-state index in [0.717, 1.165) is 17.5 Å². The zero-order valence-corrected chi connectivity index (χ0v) is 34.3. The molecule has 3 saturated carbocycles. The molecule has 4 N–H and O–H groups in total. The summed E-state index contributed by atoms with van der Waals surface area (Å²) in [4.78, 5) is 36.5. The van der Waals surface area contributed by atoms with E-state index in [1.807, 2.05) is 62.6 Å². The molecule has 11 nitrogen and oxygen atoms in total. The number of likely N-dealkylation sites (N-methyl/N-ethyl adjacent to an activating group) is 1. The Morgan fingerprint density at radius 2 is 1.66 bits per heavy atom. The van der Waals surface area contributed by atoms with Crippen molar-refractivity contribution < 1.29 is 34.1 Å². The average molecular weight is 771 g/mol. The van der Waals surface area contributed by atoms with E-state index in [9.17, 15) is 19.8 Å². The minimum atomic E-state index is -0.899. The number of rotatable bonds is 17. The van der Waals surface area contributed by atoms with E-state index >= 15 is 0 Å². The van der Waals surface area contributed by atoms with Crippen molar-refractivity contribution in [1.82, 2.24) is 20.6 Å². The lowest BCUT2D eigenvalue weighted by atomic mass is 9.45. The predicted molar refractivity (Wildman–Crippen MR) is 217 cm³/mol. The summed E-state index contributed by atoms with van der Waals surface area (Å²) < 4.78 is 12.0. The van der Waals surface area contributed by atoms with Gasteiger partial charge in [-0.15, -0.1) is 0 Å². The Balaban J connectivity index is 1.25. The topological polar surface area (TPSA) is 133 Å². The van der Waals surface area contributed by atoms with Crippen molar-refractivity contribution in [3.05, 3.63) is 83.4 Å². The number of hydrogen-bond acceptors (Lipinski definition) is 10. The first-order valence-electron chi connectivity index (χ1n) is 20.1. The molecule has 7 rings (SSSR count). The summed E-state index contributed by atoms with van der Waals surface area (Å²) in [5, 5.41) is 29.7. The number of ketones is 1. The number of benzene rings is 3. The van der Waals surface area contributed by atoms with E-state index in [2.05, 4.69) is 48.4 Å². The van der Waals surface area contributed by atoms with Gasteiger partial charge in [-0.05, 0) is 75.1 Å². The quantitative estimate of drug-likeness (QED) is 0.149. The predicted octanol–water partition coefficient (Wildman–Crippen LogP) is 4.98. The fourth-order valence-electron chi connectivity index (χ4n) is 9.94. The van der Waals surface area contributed by atoms with E-state index in [1.54, 1.807) is 32.3 Å². The summed E-state index contributed by atoms with van der Waals surface area (Å²) >= 11 is 0. The summed E-state index contributed by atoms with van der Waals surface area (Å²) in [5.74, 6) is 1.72. The standard InChI is InChI=1S/C45H62N4O7/c1-27-36-21-31(45(36,3)4)22-37(27)46-23-38(52)41-40(28(2)51)39(26-50)56-49(41)24-30-16-12-17-33(42(30)54-7)34-18-13-19-35(43(34)55-8)44(53)47-32(25-48(5)6)20-29-14-10-9-11-15-29/h9-19,27-28,31-32,36-37,39-41,46,50-51H,20-26H2,1-8H3,(H,47,53)/t27-,28-,31+,32+,36-,37-,39-,40-,41+/m0/s1. The van der Waals surface area contributed by atoms with Gasteiger partial charge in [0.25, 0.3) is 5.91 Å². The lowest BCUT2D eigenvalue weighted by Gasteiger charge is -2.62. The number of para-hydroxylation sites is 2. The SMILES string of the molecule is COc1c(CN2O[C@@H](CO)[C@H]([C@H](C)O)[C@H]2C(=O)CN[C@H]2C[C@H]3C[C@@H]([C@@H]2C)C3(C)C)cccc1-c1cccc(C(=O)N[C@H](Cc2ccccc2)CN(C)C)c1OC. The highest BCUT2D eigenvalue weighted by atomic mass is 16.7. The molecule has 3 aromatic rings. The smallest absolute Gasteiger partial charge is 0.255 e. The number of carbonyl (C=O) groups excluding carboxylic acids is 2. The summed E-state index contributed by atoms with van der Waals surface area (Å²) in [7, 11) is 7.12. The monoisotopic (exact) mass is 770 g/mol. The molecule has 1 heterocycles. The van der Waals surface area contributed by atoms with Crippen LogP contribution in [0.5, 0.6) is 11.5 Å². The molecule has 304 valence electrons. The molecule has 0 aromatic heterocycles. The van der Waals surface area contributed by atoms with Crippen LogP contribution in [-0.4, -0.2) is 110 Å². The maximum absolute atomic E-state index is 14.2. The number of nitrogens with one attached hydrogen (secondary N) is 2. The van der Waals surface area contributed by atoms with Gasteiger partial charge in [-0.1, -0.05) is 81.4 Å². The number of carbonyl (C=O) groups is 2. The normalized spacial score (nSPS) is 26.7. The number of hydroxylamine groups is 2. The molecule has 2 bridgehead atoms. The van der Waals surface area contributed by atoms with Gasteiger partial charge in [0, 0.05) is 41.2 Å². The van der Waals surface area contributed by atoms with Crippen molar-refractivity contribution in [2.75, 3.05) is 48.0 Å². The van der Waals surface area contributed by atoms with E-state index in [0.29, 0.717) is 64.3 Å². The van der Waals surface area contributed by atoms with Gasteiger partial charge >= 0.3 is 0 Å². The van der Waals surface area contributed by atoms with Gasteiger partial charge in [0.2, 0.25) is 0 Å². The Morgan fingerprint density at radius 3 is 2.27 bits per heavy atom. The summed E-state index contributed by atoms with van der Waals surface area (Å²) in [5.41, 5.74) is 3.97. The molecule has 0 unspecified atom stereocenters. The number of methoxy groups -OCH3 is 2. The molecule has 11 heteroatoms. The zero-order chi connectivity index (χ0) is 40.3. The minimum absolute atomic E-state index is 0.0899. The van der Waals surface area contributed by atoms with Crippen LogP contribution < -0.4 is 20.1 Å². The number of Topliss-reactive ketones (excluding diaryl/α,β-unsaturated/α-hetero) is 1. The molecule has 1 amide bonds. The number of amides is 1. The number of ether oxygens (including phenoxy) is 2. The van der Waals surface area contributed by atoms with E-state index in [4.69, 9.17) is 14.3 Å². The highest BCUT2D eigenvalue weighted by Gasteiger charge is 2.56. The fraction of sp³-hybridized carbons (Fsp3) is 0.556. The van der Waals surface area contributed by atoms with Gasteiger partial charge < -0.3 is 35.2 Å². The summed E-state index contributed by atoms with van der Waals surface area (Å²) in [6, 6.07) is 20.6. The second-order valence-electron chi connectivity index (χ2n) is 17.1. The minimum Gasteiger partial charge on any atom is -0.496 e. The molecule has 3 aliphatic carbocycles. The van der Waals surface area contributed by atoms with E-state index in [1.165, 1.54) is 6.42 Å². The van der Waals surface area contributed by atoms with Crippen LogP contribution in [-0.2, 0) is 22.6 Å². The molecule has 56 heavy (non-hydrogen) atoms. The van der Waals surface area contributed by atoms with Gasteiger partial charge in [0.05, 0.1) is 45.6 Å². The Hall–Kier alpha value is -3.84. The molecule has 0 spiro atoms. The summed E-state index contributed by atoms with van der Waals surface area (Å²) in [6.45, 7) is 9.27. The number of nitrogens with zero attached hydrogens (tertiary/aromatic N) is 2. The molecule has 3 aromatic carbocycles. The molecular formula is C45H62N4O7. The van der Waals surface area contributed by atoms with E-state index < -0.39 is 24.2 Å². The van der Waals surface area contributed by atoms with Gasteiger partial charge in [-0.25, -0.2) is 0 Å². The Kier molecular flexibility index (Phi) is 13.2. The number of aliphatic hydroxyl groups excluding tert-OH is 2. The van der Waals surface area contributed by atoms with Crippen LogP contribution in [0.15, 0.2) is 66.7 Å². The van der Waals surface area contributed by atoms with Gasteiger partial charge in [0.15, 0.2) is 5.78 Å². The third-order valence-corrected chi connectivity index (χ3v) is 13.0. The maximum Gasteiger partial charge on any atom is 0.255 e. The highest BCUT2D eigenvalue weighted by molar-refractivity contribution is 6.00. The van der Waals surface area contributed by atoms with Gasteiger partial charge in [-0.2, -0.15) is 5.06 Å². The first-order chi connectivity index (χ1) is 26.8. The maximum atomic E-state index is 14.2. The Labute approximate surface area is 332 Å². The van der Waals surface area contributed by atoms with Crippen LogP contribution in [0.2, 0.25) is 0 Å². The van der Waals surface area contributed by atoms with E-state index in [-0.39, 0.29) is 43.5 Å². The van der Waals surface area contributed by atoms with Crippen LogP contribution in [0.4, 0.5) is 0 Å². The molecule has 0 radical (unpaired) electrons. The average Bonchev–Trinajstić information content (AvgIpc) is 3.55. The lowest BCUT2D eigenvalue weighted by molar-refractivity contribution is -0.181. The van der Waals surface area contributed by atoms with Gasteiger partial charge in [0.1, 0.15) is 23.6 Å². The first-order valence-corrected chi connectivity index (χ1v) is 20.1. The molecular weight excluding hydrogens is 709 g/mol. The zero-order valence-electron chi connectivity index (χ0n) is 34.3. The molecule has 1 saturated heterocycles. The lowest BCUT2D eigenvalue weighted by Crippen LogP contribution is -2.60. The van der Waals surface area contributed by atoms with Crippen molar-refractivity contribution in [2.24, 2.45) is 29.1 Å². The first kappa shape index (κ1) is 41.8. The van der Waals surface area contributed by atoms with Crippen LogP contribution >= 0.6 is 0 Å². The Bertz CT molecular complexity index is 1820.